The number of halogens is 1. The zero-order valence-corrected chi connectivity index (χ0v) is 9.90. The van der Waals surface area contributed by atoms with E-state index < -0.39 is 0 Å². The summed E-state index contributed by atoms with van der Waals surface area (Å²) in [6.45, 7) is 6.97. The minimum absolute atomic E-state index is 0. The van der Waals surface area contributed by atoms with Crippen LogP contribution in [0.2, 0.25) is 0 Å². The fourth-order valence-electron chi connectivity index (χ4n) is 1.96. The third kappa shape index (κ3) is 3.46. The smallest absolute Gasteiger partial charge is 0.222 e. The van der Waals surface area contributed by atoms with Crippen LogP contribution in [0.15, 0.2) is 0 Å². The highest BCUT2D eigenvalue weighted by Crippen LogP contribution is 2.12. The van der Waals surface area contributed by atoms with Crippen molar-refractivity contribution >= 4 is 18.3 Å². The summed E-state index contributed by atoms with van der Waals surface area (Å²) in [7, 11) is 0. The van der Waals surface area contributed by atoms with Crippen molar-refractivity contribution in [2.75, 3.05) is 19.6 Å². The molecule has 0 aliphatic carbocycles. The Kier molecular flexibility index (Phi) is 6.93. The molecule has 1 N–H and O–H groups in total. The Labute approximate surface area is 92.6 Å². The van der Waals surface area contributed by atoms with Gasteiger partial charge in [0.25, 0.3) is 0 Å². The number of piperidine rings is 1. The number of rotatable bonds is 3. The lowest BCUT2D eigenvalue weighted by molar-refractivity contribution is -0.133. The lowest BCUT2D eigenvalue weighted by Gasteiger charge is -2.33. The molecule has 84 valence electrons. The first-order chi connectivity index (χ1) is 6.29. The van der Waals surface area contributed by atoms with E-state index in [0.29, 0.717) is 18.4 Å². The summed E-state index contributed by atoms with van der Waals surface area (Å²) in [6, 6.07) is 0.485. The molecule has 3 nitrogen and oxygen atoms in total. The van der Waals surface area contributed by atoms with Gasteiger partial charge in [-0.15, -0.1) is 12.4 Å². The number of hydrogen-bond acceptors (Lipinski definition) is 2. The highest BCUT2D eigenvalue weighted by molar-refractivity contribution is 5.85. The van der Waals surface area contributed by atoms with E-state index in [1.54, 1.807) is 0 Å². The quantitative estimate of drug-likeness (QED) is 0.781. The van der Waals surface area contributed by atoms with Gasteiger partial charge < -0.3 is 10.2 Å². The Hall–Kier alpha value is -0.280. The number of hydrogen-bond donors (Lipinski definition) is 1. The molecule has 0 saturated carbocycles. The van der Waals surface area contributed by atoms with Crippen LogP contribution >= 0.6 is 12.4 Å². The van der Waals surface area contributed by atoms with Gasteiger partial charge in [-0.1, -0.05) is 6.92 Å². The number of carbonyl (C=O) groups excluding carboxylic acids is 1. The van der Waals surface area contributed by atoms with E-state index in [1.807, 2.05) is 11.8 Å². The van der Waals surface area contributed by atoms with Crippen LogP contribution < -0.4 is 5.32 Å². The number of carbonyl (C=O) groups is 1. The Morgan fingerprint density at radius 2 is 1.93 bits per heavy atom. The van der Waals surface area contributed by atoms with Crippen LogP contribution in [-0.2, 0) is 4.79 Å². The maximum Gasteiger partial charge on any atom is 0.222 e. The zero-order valence-electron chi connectivity index (χ0n) is 9.08. The van der Waals surface area contributed by atoms with Crippen molar-refractivity contribution in [3.63, 3.8) is 0 Å². The van der Waals surface area contributed by atoms with Gasteiger partial charge in [0.15, 0.2) is 0 Å². The Bertz CT molecular complexity index is 170. The second kappa shape index (κ2) is 7.07. The Morgan fingerprint density at radius 1 is 1.36 bits per heavy atom. The van der Waals surface area contributed by atoms with Crippen LogP contribution in [0, 0.1) is 0 Å². The summed E-state index contributed by atoms with van der Waals surface area (Å²) < 4.78 is 0. The lowest BCUT2D eigenvalue weighted by atomic mass is 10.0. The first-order valence-electron chi connectivity index (χ1n) is 5.29. The molecule has 0 aromatic rings. The molecular formula is C10H21ClN2O. The van der Waals surface area contributed by atoms with E-state index >= 15 is 0 Å². The van der Waals surface area contributed by atoms with E-state index in [9.17, 15) is 4.79 Å². The van der Waals surface area contributed by atoms with Crippen molar-refractivity contribution in [3.05, 3.63) is 0 Å². The van der Waals surface area contributed by atoms with Crippen LogP contribution in [0.4, 0.5) is 0 Å². The molecule has 0 aromatic heterocycles. The maximum atomic E-state index is 11.5. The van der Waals surface area contributed by atoms with Gasteiger partial charge in [-0.25, -0.2) is 0 Å². The molecule has 1 rings (SSSR count). The molecular weight excluding hydrogens is 200 g/mol. The van der Waals surface area contributed by atoms with Crippen molar-refractivity contribution < 1.29 is 4.79 Å². The standard InChI is InChI=1S/C10H20N2O.ClH/c1-3-10(13)12(4-2)9-5-7-11-8-6-9;/h9,11H,3-8H2,1-2H3;1H. The molecule has 0 spiro atoms. The monoisotopic (exact) mass is 220 g/mol. The number of nitrogens with zero attached hydrogens (tertiary/aromatic N) is 1. The molecule has 1 saturated heterocycles. The van der Waals surface area contributed by atoms with Gasteiger partial charge in [0.2, 0.25) is 5.91 Å². The topological polar surface area (TPSA) is 32.3 Å². The SMILES string of the molecule is CCC(=O)N(CC)C1CCNCC1.Cl. The molecule has 0 aromatic carbocycles. The summed E-state index contributed by atoms with van der Waals surface area (Å²) in [4.78, 5) is 13.6. The predicted octanol–water partition coefficient (Wildman–Crippen LogP) is 1.42. The Morgan fingerprint density at radius 3 is 2.36 bits per heavy atom. The molecule has 1 aliphatic heterocycles. The summed E-state index contributed by atoms with van der Waals surface area (Å²) in [5.74, 6) is 0.300. The molecule has 0 atom stereocenters. The van der Waals surface area contributed by atoms with Gasteiger partial charge in [0.1, 0.15) is 0 Å². The minimum Gasteiger partial charge on any atom is -0.340 e. The van der Waals surface area contributed by atoms with Gasteiger partial charge in [0.05, 0.1) is 0 Å². The normalized spacial score (nSPS) is 17.3. The van der Waals surface area contributed by atoms with Crippen molar-refractivity contribution in [1.82, 2.24) is 10.2 Å². The molecule has 4 heteroatoms. The van der Waals surface area contributed by atoms with Crippen molar-refractivity contribution in [2.45, 2.75) is 39.2 Å². The van der Waals surface area contributed by atoms with E-state index in [0.717, 1.165) is 32.5 Å². The molecule has 0 unspecified atom stereocenters. The fourth-order valence-corrected chi connectivity index (χ4v) is 1.96. The third-order valence-electron chi connectivity index (χ3n) is 2.71. The van der Waals surface area contributed by atoms with Crippen molar-refractivity contribution in [2.24, 2.45) is 0 Å². The van der Waals surface area contributed by atoms with Crippen molar-refractivity contribution in [3.8, 4) is 0 Å². The average molecular weight is 221 g/mol. The van der Waals surface area contributed by atoms with Crippen molar-refractivity contribution in [1.29, 1.82) is 0 Å². The number of nitrogens with one attached hydrogen (secondary N) is 1. The molecule has 1 heterocycles. The van der Waals surface area contributed by atoms with E-state index in [2.05, 4.69) is 12.2 Å². The zero-order chi connectivity index (χ0) is 9.68. The molecule has 14 heavy (non-hydrogen) atoms. The summed E-state index contributed by atoms with van der Waals surface area (Å²) in [5, 5.41) is 3.31. The van der Waals surface area contributed by atoms with E-state index in [-0.39, 0.29) is 12.4 Å². The second-order valence-electron chi connectivity index (χ2n) is 3.51. The molecule has 1 fully saturated rings. The molecule has 0 bridgehead atoms. The largest absolute Gasteiger partial charge is 0.340 e. The highest BCUT2D eigenvalue weighted by Gasteiger charge is 2.22. The van der Waals surface area contributed by atoms with Crippen LogP contribution in [0.25, 0.3) is 0 Å². The van der Waals surface area contributed by atoms with Crippen LogP contribution in [0.3, 0.4) is 0 Å². The lowest BCUT2D eigenvalue weighted by Crippen LogP contribution is -2.45. The molecule has 1 amide bonds. The van der Waals surface area contributed by atoms with E-state index in [1.165, 1.54) is 0 Å². The van der Waals surface area contributed by atoms with Gasteiger partial charge in [0, 0.05) is 19.0 Å². The summed E-state index contributed by atoms with van der Waals surface area (Å²) in [6.07, 6.45) is 2.86. The molecule has 0 radical (unpaired) electrons. The molecule has 1 aliphatic rings. The second-order valence-corrected chi connectivity index (χ2v) is 3.51. The van der Waals surface area contributed by atoms with Gasteiger partial charge in [-0.3, -0.25) is 4.79 Å². The highest BCUT2D eigenvalue weighted by atomic mass is 35.5. The predicted molar refractivity (Wildman–Crippen MR) is 60.8 cm³/mol. The Balaban J connectivity index is 0.00000169. The maximum absolute atomic E-state index is 11.5. The van der Waals surface area contributed by atoms with Crippen LogP contribution in [0.5, 0.6) is 0 Å². The summed E-state index contributed by atoms with van der Waals surface area (Å²) >= 11 is 0. The van der Waals surface area contributed by atoms with Crippen LogP contribution in [0.1, 0.15) is 33.1 Å². The third-order valence-corrected chi connectivity index (χ3v) is 2.71. The van der Waals surface area contributed by atoms with Gasteiger partial charge in [-0.2, -0.15) is 0 Å². The minimum atomic E-state index is 0. The summed E-state index contributed by atoms with van der Waals surface area (Å²) in [5.41, 5.74) is 0. The average Bonchev–Trinajstić information content (AvgIpc) is 2.20. The number of amides is 1. The van der Waals surface area contributed by atoms with Gasteiger partial charge in [-0.05, 0) is 32.9 Å². The van der Waals surface area contributed by atoms with E-state index in [4.69, 9.17) is 0 Å². The van der Waals surface area contributed by atoms with Gasteiger partial charge >= 0.3 is 0 Å². The fraction of sp³-hybridized carbons (Fsp3) is 0.900. The first kappa shape index (κ1) is 13.7. The first-order valence-corrected chi connectivity index (χ1v) is 5.29. The van der Waals surface area contributed by atoms with Crippen LogP contribution in [-0.4, -0.2) is 36.5 Å².